The maximum Gasteiger partial charge on any atom is 0.159 e. The molecule has 0 unspecified atom stereocenters. The lowest BCUT2D eigenvalue weighted by Gasteiger charge is -2.05. The molecule has 2 heteroatoms. The summed E-state index contributed by atoms with van der Waals surface area (Å²) < 4.78 is 1.07. The molecule has 0 saturated carbocycles. The van der Waals surface area contributed by atoms with E-state index in [-0.39, 0.29) is 5.78 Å². The molecule has 72 valence electrons. The minimum Gasteiger partial charge on any atom is -0.295 e. The van der Waals surface area contributed by atoms with E-state index in [1.54, 1.807) is 0 Å². The lowest BCUT2D eigenvalue weighted by atomic mass is 10.0. The van der Waals surface area contributed by atoms with Crippen LogP contribution in [0.4, 0.5) is 0 Å². The Morgan fingerprint density at radius 2 is 1.93 bits per heavy atom. The lowest BCUT2D eigenvalue weighted by Crippen LogP contribution is -1.90. The predicted octanol–water partition coefficient (Wildman–Crippen LogP) is 3.59. The van der Waals surface area contributed by atoms with Crippen molar-refractivity contribution in [3.8, 4) is 0 Å². The zero-order valence-electron chi connectivity index (χ0n) is 8.01. The van der Waals surface area contributed by atoms with Crippen LogP contribution >= 0.6 is 15.9 Å². The van der Waals surface area contributed by atoms with Crippen LogP contribution < -0.4 is 0 Å². The van der Waals surface area contributed by atoms with Crippen LogP contribution in [0.5, 0.6) is 0 Å². The van der Waals surface area contributed by atoms with Gasteiger partial charge in [-0.05, 0) is 36.1 Å². The Morgan fingerprint density at radius 3 is 2.50 bits per heavy atom. The number of halogens is 1. The Bertz CT molecular complexity index is 418. The molecule has 1 nitrogen and oxygen atoms in total. The van der Waals surface area contributed by atoms with Gasteiger partial charge in [0.1, 0.15) is 0 Å². The van der Waals surface area contributed by atoms with Crippen LogP contribution in [0.25, 0.3) is 5.57 Å². The van der Waals surface area contributed by atoms with E-state index in [0.29, 0.717) is 6.42 Å². The number of carbonyl (C=O) groups is 1. The summed E-state index contributed by atoms with van der Waals surface area (Å²) in [5.41, 5.74) is 3.29. The molecule has 0 bridgehead atoms. The Morgan fingerprint density at radius 1 is 1.21 bits per heavy atom. The van der Waals surface area contributed by atoms with Gasteiger partial charge in [0.15, 0.2) is 5.78 Å². The van der Waals surface area contributed by atoms with Crippen LogP contribution in [-0.2, 0) is 4.79 Å². The highest BCUT2D eigenvalue weighted by atomic mass is 79.9. The fraction of sp³-hybridized carbons (Fsp3) is 0.250. The first-order chi connectivity index (χ1) is 6.70. The number of allylic oxidation sites excluding steroid dienone is 2. The number of Topliss-reactive ketones (excluding diaryl/α,β-unsaturated/α-hetero) is 1. The fourth-order valence-corrected chi connectivity index (χ4v) is 2.35. The molecule has 0 saturated heterocycles. The summed E-state index contributed by atoms with van der Waals surface area (Å²) in [6, 6.07) is 8.06. The monoisotopic (exact) mass is 250 g/mol. The molecule has 1 aliphatic carbocycles. The molecular weight excluding hydrogens is 240 g/mol. The van der Waals surface area contributed by atoms with Gasteiger partial charge in [-0.15, -0.1) is 0 Å². The van der Waals surface area contributed by atoms with Crippen LogP contribution in [-0.4, -0.2) is 5.78 Å². The minimum absolute atomic E-state index is 0.288. The normalized spacial score (nSPS) is 16.6. The second-order valence-electron chi connectivity index (χ2n) is 3.51. The summed E-state index contributed by atoms with van der Waals surface area (Å²) in [6.45, 7) is 1.92. The number of carbonyl (C=O) groups excluding carboxylic acids is 1. The van der Waals surface area contributed by atoms with Gasteiger partial charge >= 0.3 is 0 Å². The van der Waals surface area contributed by atoms with E-state index in [1.807, 2.05) is 25.1 Å². The molecule has 0 spiro atoms. The minimum atomic E-state index is 0.288. The quantitative estimate of drug-likeness (QED) is 0.745. The summed E-state index contributed by atoms with van der Waals surface area (Å²) >= 11 is 3.51. The van der Waals surface area contributed by atoms with Crippen molar-refractivity contribution in [1.29, 1.82) is 0 Å². The van der Waals surface area contributed by atoms with Gasteiger partial charge in [0.05, 0.1) is 0 Å². The molecule has 0 heterocycles. The van der Waals surface area contributed by atoms with Gasteiger partial charge in [0.2, 0.25) is 0 Å². The molecule has 0 atom stereocenters. The molecule has 0 N–H and O–H groups in total. The van der Waals surface area contributed by atoms with Crippen LogP contribution in [0.3, 0.4) is 0 Å². The number of hydrogen-bond acceptors (Lipinski definition) is 1. The second kappa shape index (κ2) is 3.70. The predicted molar refractivity (Wildman–Crippen MR) is 61.0 cm³/mol. The summed E-state index contributed by atoms with van der Waals surface area (Å²) in [6.07, 6.45) is 1.55. The molecular formula is C12H11BrO. The molecule has 0 amide bonds. The number of hydrogen-bond donors (Lipinski definition) is 0. The molecule has 1 aromatic rings. The smallest absolute Gasteiger partial charge is 0.159 e. The zero-order chi connectivity index (χ0) is 10.1. The van der Waals surface area contributed by atoms with Gasteiger partial charge in [0, 0.05) is 10.9 Å². The van der Waals surface area contributed by atoms with Crippen molar-refractivity contribution < 1.29 is 4.79 Å². The van der Waals surface area contributed by atoms with Crippen molar-refractivity contribution in [2.45, 2.75) is 19.8 Å². The van der Waals surface area contributed by atoms with Crippen molar-refractivity contribution in [1.82, 2.24) is 0 Å². The molecule has 1 aliphatic rings. The summed E-state index contributed by atoms with van der Waals surface area (Å²) in [7, 11) is 0. The van der Waals surface area contributed by atoms with Gasteiger partial charge < -0.3 is 0 Å². The third-order valence-corrected chi connectivity index (χ3v) is 3.36. The summed E-state index contributed by atoms with van der Waals surface area (Å²) in [5, 5.41) is 0. The van der Waals surface area contributed by atoms with Gasteiger partial charge in [-0.2, -0.15) is 0 Å². The SMILES string of the molecule is CC1=C(c2ccccc2Br)CCC1=O. The van der Waals surface area contributed by atoms with Gasteiger partial charge in [0.25, 0.3) is 0 Å². The summed E-state index contributed by atoms with van der Waals surface area (Å²) in [5.74, 6) is 0.288. The van der Waals surface area contributed by atoms with Crippen LogP contribution in [0, 0.1) is 0 Å². The molecule has 2 rings (SSSR count). The van der Waals surface area contributed by atoms with Crippen molar-refractivity contribution in [3.63, 3.8) is 0 Å². The highest BCUT2D eigenvalue weighted by Crippen LogP contribution is 2.34. The first-order valence-electron chi connectivity index (χ1n) is 4.68. The molecule has 0 aliphatic heterocycles. The Balaban J connectivity index is 2.51. The first kappa shape index (κ1) is 9.66. The second-order valence-corrected chi connectivity index (χ2v) is 4.36. The maximum atomic E-state index is 11.4. The summed E-state index contributed by atoms with van der Waals surface area (Å²) in [4.78, 5) is 11.4. The average Bonchev–Trinajstić information content (AvgIpc) is 2.49. The Labute approximate surface area is 92.0 Å². The Kier molecular flexibility index (Phi) is 2.55. The van der Waals surface area contributed by atoms with Gasteiger partial charge in [-0.1, -0.05) is 34.1 Å². The molecule has 1 aromatic carbocycles. The van der Waals surface area contributed by atoms with Crippen molar-refractivity contribution in [2.75, 3.05) is 0 Å². The van der Waals surface area contributed by atoms with Crippen LogP contribution in [0.1, 0.15) is 25.3 Å². The highest BCUT2D eigenvalue weighted by Gasteiger charge is 2.21. The third-order valence-electron chi connectivity index (χ3n) is 2.67. The van der Waals surface area contributed by atoms with E-state index < -0.39 is 0 Å². The maximum absolute atomic E-state index is 11.4. The van der Waals surface area contributed by atoms with Crippen LogP contribution in [0.15, 0.2) is 34.3 Å². The topological polar surface area (TPSA) is 17.1 Å². The molecule has 0 aromatic heterocycles. The van der Waals surface area contributed by atoms with Crippen molar-refractivity contribution in [2.24, 2.45) is 0 Å². The van der Waals surface area contributed by atoms with E-state index in [1.165, 1.54) is 5.57 Å². The number of rotatable bonds is 1. The van der Waals surface area contributed by atoms with E-state index in [2.05, 4.69) is 22.0 Å². The fourth-order valence-electron chi connectivity index (χ4n) is 1.82. The largest absolute Gasteiger partial charge is 0.295 e. The third kappa shape index (κ3) is 1.55. The van der Waals surface area contributed by atoms with E-state index in [0.717, 1.165) is 22.0 Å². The van der Waals surface area contributed by atoms with Gasteiger partial charge in [-0.25, -0.2) is 0 Å². The zero-order valence-corrected chi connectivity index (χ0v) is 9.60. The highest BCUT2D eigenvalue weighted by molar-refractivity contribution is 9.10. The Hall–Kier alpha value is -0.890. The van der Waals surface area contributed by atoms with E-state index in [4.69, 9.17) is 0 Å². The molecule has 14 heavy (non-hydrogen) atoms. The first-order valence-corrected chi connectivity index (χ1v) is 5.47. The van der Waals surface area contributed by atoms with E-state index >= 15 is 0 Å². The molecule has 0 radical (unpaired) electrons. The van der Waals surface area contributed by atoms with Crippen LogP contribution in [0.2, 0.25) is 0 Å². The average molecular weight is 251 g/mol. The number of benzene rings is 1. The van der Waals surface area contributed by atoms with Crippen molar-refractivity contribution >= 4 is 27.3 Å². The number of ketones is 1. The van der Waals surface area contributed by atoms with Crippen molar-refractivity contribution in [3.05, 3.63) is 39.9 Å². The molecule has 0 fully saturated rings. The van der Waals surface area contributed by atoms with E-state index in [9.17, 15) is 4.79 Å². The van der Waals surface area contributed by atoms with Gasteiger partial charge in [-0.3, -0.25) is 4.79 Å². The lowest BCUT2D eigenvalue weighted by molar-refractivity contribution is -0.114. The standard InChI is InChI=1S/C12H11BrO/c1-8-9(6-7-12(8)14)10-4-2-3-5-11(10)13/h2-5H,6-7H2,1H3.